The van der Waals surface area contributed by atoms with Crippen molar-refractivity contribution in [3.05, 3.63) is 60.2 Å². The van der Waals surface area contributed by atoms with Crippen molar-refractivity contribution in [1.82, 2.24) is 15.3 Å². The van der Waals surface area contributed by atoms with Gasteiger partial charge in [0.1, 0.15) is 6.04 Å². The molecule has 2 aromatic carbocycles. The fourth-order valence-electron chi connectivity index (χ4n) is 3.09. The van der Waals surface area contributed by atoms with Crippen molar-refractivity contribution in [2.45, 2.75) is 39.2 Å². The number of imidazole rings is 1. The molecule has 146 valence electrons. The highest BCUT2D eigenvalue weighted by Crippen LogP contribution is 2.14. The molecule has 0 bridgehead atoms. The third kappa shape index (κ3) is 5.42. The molecule has 0 saturated heterocycles. The van der Waals surface area contributed by atoms with Crippen molar-refractivity contribution in [3.63, 3.8) is 0 Å². The Morgan fingerprint density at radius 3 is 2.46 bits per heavy atom. The van der Waals surface area contributed by atoms with E-state index in [1.165, 1.54) is 0 Å². The van der Waals surface area contributed by atoms with Crippen molar-refractivity contribution in [2.24, 2.45) is 5.92 Å². The lowest BCUT2D eigenvalue weighted by Gasteiger charge is -2.19. The lowest BCUT2D eigenvalue weighted by molar-refractivity contribution is -0.126. The number of para-hydroxylation sites is 2. The molecule has 0 aliphatic heterocycles. The SMILES string of the molecule is CC(C)CC(NC(=O)CCc1ccccc1)C(=O)Nc1nc2ccccc2[nH]1. The lowest BCUT2D eigenvalue weighted by atomic mass is 10.0. The zero-order chi connectivity index (χ0) is 19.9. The number of nitrogens with one attached hydrogen (secondary N) is 3. The van der Waals surface area contributed by atoms with E-state index in [-0.39, 0.29) is 17.7 Å². The molecule has 28 heavy (non-hydrogen) atoms. The lowest BCUT2D eigenvalue weighted by Crippen LogP contribution is -2.44. The number of carbonyl (C=O) groups is 2. The van der Waals surface area contributed by atoms with Gasteiger partial charge < -0.3 is 10.3 Å². The van der Waals surface area contributed by atoms with Crippen LogP contribution < -0.4 is 10.6 Å². The van der Waals surface area contributed by atoms with E-state index in [4.69, 9.17) is 0 Å². The summed E-state index contributed by atoms with van der Waals surface area (Å²) >= 11 is 0. The Morgan fingerprint density at radius 2 is 1.75 bits per heavy atom. The highest BCUT2D eigenvalue weighted by atomic mass is 16.2. The van der Waals surface area contributed by atoms with E-state index in [9.17, 15) is 9.59 Å². The van der Waals surface area contributed by atoms with Crippen LogP contribution in [0.25, 0.3) is 11.0 Å². The minimum absolute atomic E-state index is 0.130. The van der Waals surface area contributed by atoms with Gasteiger partial charge in [-0.2, -0.15) is 0 Å². The van der Waals surface area contributed by atoms with Crippen molar-refractivity contribution in [3.8, 4) is 0 Å². The summed E-state index contributed by atoms with van der Waals surface area (Å²) < 4.78 is 0. The molecule has 0 fully saturated rings. The Bertz CT molecular complexity index is 901. The average molecular weight is 378 g/mol. The van der Waals surface area contributed by atoms with Gasteiger partial charge in [-0.15, -0.1) is 0 Å². The van der Waals surface area contributed by atoms with E-state index >= 15 is 0 Å². The minimum Gasteiger partial charge on any atom is -0.344 e. The standard InChI is InChI=1S/C22H26N4O2/c1-15(2)14-19(23-20(27)13-12-16-8-4-3-5-9-16)21(28)26-22-24-17-10-6-7-11-18(17)25-22/h3-11,15,19H,12-14H2,1-2H3,(H,23,27)(H2,24,25,26,28). The second-order valence-corrected chi connectivity index (χ2v) is 7.33. The summed E-state index contributed by atoms with van der Waals surface area (Å²) in [5.41, 5.74) is 2.74. The smallest absolute Gasteiger partial charge is 0.249 e. The largest absolute Gasteiger partial charge is 0.344 e. The molecule has 3 aromatic rings. The van der Waals surface area contributed by atoms with Gasteiger partial charge in [-0.05, 0) is 36.5 Å². The number of aromatic amines is 1. The first-order valence-electron chi connectivity index (χ1n) is 9.60. The second-order valence-electron chi connectivity index (χ2n) is 7.33. The predicted octanol–water partition coefficient (Wildman–Crippen LogP) is 3.67. The van der Waals surface area contributed by atoms with Gasteiger partial charge in [-0.25, -0.2) is 4.98 Å². The van der Waals surface area contributed by atoms with Crippen molar-refractivity contribution in [2.75, 3.05) is 5.32 Å². The van der Waals surface area contributed by atoms with Gasteiger partial charge in [0, 0.05) is 6.42 Å². The van der Waals surface area contributed by atoms with E-state index in [0.717, 1.165) is 16.6 Å². The zero-order valence-electron chi connectivity index (χ0n) is 16.2. The number of fused-ring (bicyclic) bond motifs is 1. The fourth-order valence-corrected chi connectivity index (χ4v) is 3.09. The first-order chi connectivity index (χ1) is 13.5. The van der Waals surface area contributed by atoms with Gasteiger partial charge >= 0.3 is 0 Å². The molecule has 3 rings (SSSR count). The maximum Gasteiger partial charge on any atom is 0.249 e. The Hall–Kier alpha value is -3.15. The number of carbonyl (C=O) groups excluding carboxylic acids is 2. The molecule has 1 atom stereocenters. The van der Waals surface area contributed by atoms with E-state index in [1.807, 2.05) is 68.4 Å². The van der Waals surface area contributed by atoms with Gasteiger partial charge in [0.25, 0.3) is 0 Å². The average Bonchev–Trinajstić information content (AvgIpc) is 3.08. The van der Waals surface area contributed by atoms with Crippen LogP contribution in [0.3, 0.4) is 0 Å². The molecule has 3 N–H and O–H groups in total. The highest BCUT2D eigenvalue weighted by molar-refractivity contribution is 5.97. The van der Waals surface area contributed by atoms with E-state index in [2.05, 4.69) is 20.6 Å². The summed E-state index contributed by atoms with van der Waals surface area (Å²) in [6, 6.07) is 16.8. The first-order valence-corrected chi connectivity index (χ1v) is 9.60. The van der Waals surface area contributed by atoms with Crippen LogP contribution >= 0.6 is 0 Å². The third-order valence-corrected chi connectivity index (χ3v) is 4.47. The first kappa shape index (κ1) is 19.6. The summed E-state index contributed by atoms with van der Waals surface area (Å²) in [5, 5.41) is 5.68. The molecule has 2 amide bonds. The predicted molar refractivity (Wildman–Crippen MR) is 111 cm³/mol. The number of benzene rings is 2. The molecular formula is C22H26N4O2. The Labute approximate surface area is 164 Å². The molecule has 1 aromatic heterocycles. The van der Waals surface area contributed by atoms with Crippen LogP contribution in [0.15, 0.2) is 54.6 Å². The van der Waals surface area contributed by atoms with Crippen molar-refractivity contribution >= 4 is 28.8 Å². The minimum atomic E-state index is -0.600. The maximum atomic E-state index is 12.7. The van der Waals surface area contributed by atoms with Gasteiger partial charge in [0.05, 0.1) is 11.0 Å². The van der Waals surface area contributed by atoms with Crippen LogP contribution in [-0.2, 0) is 16.0 Å². The number of rotatable bonds is 8. The van der Waals surface area contributed by atoms with Crippen LogP contribution in [0.1, 0.15) is 32.3 Å². The number of H-pyrrole nitrogens is 1. The van der Waals surface area contributed by atoms with Gasteiger partial charge in [0.15, 0.2) is 0 Å². The van der Waals surface area contributed by atoms with Gasteiger partial charge in [-0.3, -0.25) is 14.9 Å². The molecule has 0 spiro atoms. The summed E-state index contributed by atoms with van der Waals surface area (Å²) in [6.07, 6.45) is 1.55. The molecule has 1 unspecified atom stereocenters. The number of hydrogen-bond donors (Lipinski definition) is 3. The number of anilines is 1. The molecule has 1 heterocycles. The molecular weight excluding hydrogens is 352 g/mol. The number of hydrogen-bond acceptors (Lipinski definition) is 3. The Balaban J connectivity index is 1.61. The number of aryl methyl sites for hydroxylation is 1. The van der Waals surface area contributed by atoms with E-state index < -0.39 is 6.04 Å². The number of nitrogens with zero attached hydrogens (tertiary/aromatic N) is 1. The monoisotopic (exact) mass is 378 g/mol. The van der Waals surface area contributed by atoms with Crippen LogP contribution in [0.2, 0.25) is 0 Å². The highest BCUT2D eigenvalue weighted by Gasteiger charge is 2.22. The Morgan fingerprint density at radius 1 is 1.04 bits per heavy atom. The van der Waals surface area contributed by atoms with Gasteiger partial charge in [-0.1, -0.05) is 56.3 Å². The van der Waals surface area contributed by atoms with Crippen molar-refractivity contribution < 1.29 is 9.59 Å². The summed E-state index contributed by atoms with van der Waals surface area (Å²) in [7, 11) is 0. The number of aromatic nitrogens is 2. The summed E-state index contributed by atoms with van der Waals surface area (Å²) in [6.45, 7) is 4.05. The van der Waals surface area contributed by atoms with Crippen LogP contribution in [0.5, 0.6) is 0 Å². The van der Waals surface area contributed by atoms with Crippen molar-refractivity contribution in [1.29, 1.82) is 0 Å². The van der Waals surface area contributed by atoms with Gasteiger partial charge in [0.2, 0.25) is 17.8 Å². The zero-order valence-corrected chi connectivity index (χ0v) is 16.2. The normalized spacial score (nSPS) is 12.1. The third-order valence-electron chi connectivity index (χ3n) is 4.47. The summed E-state index contributed by atoms with van der Waals surface area (Å²) in [5.74, 6) is 0.259. The van der Waals surface area contributed by atoms with Crippen LogP contribution in [-0.4, -0.2) is 27.8 Å². The number of amides is 2. The second kappa shape index (κ2) is 9.17. The van der Waals surface area contributed by atoms with Crippen LogP contribution in [0.4, 0.5) is 5.95 Å². The molecule has 6 heteroatoms. The quantitative estimate of drug-likeness (QED) is 0.559. The topological polar surface area (TPSA) is 86.9 Å². The molecule has 0 aliphatic rings. The Kier molecular flexibility index (Phi) is 6.42. The van der Waals surface area contributed by atoms with Crippen LogP contribution in [0, 0.1) is 5.92 Å². The maximum absolute atomic E-state index is 12.7. The fraction of sp³-hybridized carbons (Fsp3) is 0.318. The summed E-state index contributed by atoms with van der Waals surface area (Å²) in [4.78, 5) is 32.6. The van der Waals surface area contributed by atoms with E-state index in [1.54, 1.807) is 0 Å². The molecule has 0 radical (unpaired) electrons. The molecule has 0 saturated carbocycles. The van der Waals surface area contributed by atoms with E-state index in [0.29, 0.717) is 25.2 Å². The molecule has 0 aliphatic carbocycles. The molecule has 6 nitrogen and oxygen atoms in total.